The van der Waals surface area contributed by atoms with Gasteiger partial charge in [0.2, 0.25) is 0 Å². The molecule has 0 aliphatic carbocycles. The fourth-order valence-corrected chi connectivity index (χ4v) is 2.13. The highest BCUT2D eigenvalue weighted by Gasteiger charge is 2.17. The molecule has 1 aliphatic rings. The van der Waals surface area contributed by atoms with Crippen molar-refractivity contribution in [3.8, 4) is 0 Å². The van der Waals surface area contributed by atoms with Crippen molar-refractivity contribution in [1.82, 2.24) is 5.32 Å². The molecule has 2 rings (SSSR count). The van der Waals surface area contributed by atoms with Crippen LogP contribution in [0.1, 0.15) is 18.4 Å². The summed E-state index contributed by atoms with van der Waals surface area (Å²) in [5.41, 5.74) is 0.271. The molecule has 1 unspecified atom stereocenters. The lowest BCUT2D eigenvalue weighted by atomic mass is 9.92. The predicted molar refractivity (Wildman–Crippen MR) is 55.6 cm³/mol. The van der Waals surface area contributed by atoms with Gasteiger partial charge in [-0.05, 0) is 49.9 Å². The lowest BCUT2D eigenvalue weighted by Gasteiger charge is -2.22. The quantitative estimate of drug-likeness (QED) is 0.769. The molecule has 0 saturated carbocycles. The van der Waals surface area contributed by atoms with Gasteiger partial charge in [-0.15, -0.1) is 0 Å². The van der Waals surface area contributed by atoms with Crippen LogP contribution in [0.25, 0.3) is 0 Å². The Labute approximate surface area is 92.7 Å². The van der Waals surface area contributed by atoms with E-state index in [0.717, 1.165) is 32.0 Å². The van der Waals surface area contributed by atoms with E-state index in [1.54, 1.807) is 0 Å². The van der Waals surface area contributed by atoms with Crippen LogP contribution in [-0.4, -0.2) is 13.1 Å². The third kappa shape index (κ3) is 2.55. The minimum atomic E-state index is -1.12. The van der Waals surface area contributed by atoms with Crippen LogP contribution in [0.3, 0.4) is 0 Å². The molecule has 1 nitrogen and oxygen atoms in total. The molecular weight excluding hydrogens is 215 g/mol. The number of halogens is 3. The zero-order valence-electron chi connectivity index (χ0n) is 8.90. The molecule has 0 spiro atoms. The van der Waals surface area contributed by atoms with Gasteiger partial charge in [0.25, 0.3) is 0 Å². The van der Waals surface area contributed by atoms with E-state index in [4.69, 9.17) is 0 Å². The van der Waals surface area contributed by atoms with E-state index in [9.17, 15) is 13.2 Å². The third-order valence-corrected chi connectivity index (χ3v) is 3.00. The van der Waals surface area contributed by atoms with Crippen LogP contribution in [0, 0.1) is 23.4 Å². The van der Waals surface area contributed by atoms with Crippen molar-refractivity contribution < 1.29 is 13.2 Å². The van der Waals surface area contributed by atoms with E-state index < -0.39 is 17.5 Å². The maximum atomic E-state index is 13.4. The molecule has 1 fully saturated rings. The van der Waals surface area contributed by atoms with Gasteiger partial charge >= 0.3 is 0 Å². The van der Waals surface area contributed by atoms with Gasteiger partial charge in [0.15, 0.2) is 11.6 Å². The fraction of sp³-hybridized carbons (Fsp3) is 0.500. The summed E-state index contributed by atoms with van der Waals surface area (Å²) in [5.74, 6) is -2.43. The van der Waals surface area contributed by atoms with E-state index >= 15 is 0 Å². The van der Waals surface area contributed by atoms with Gasteiger partial charge < -0.3 is 5.32 Å². The molecule has 4 heteroatoms. The van der Waals surface area contributed by atoms with Gasteiger partial charge in [-0.2, -0.15) is 0 Å². The Morgan fingerprint density at radius 2 is 1.88 bits per heavy atom. The first kappa shape index (κ1) is 11.5. The molecule has 1 aliphatic heterocycles. The van der Waals surface area contributed by atoms with Crippen LogP contribution in [0.2, 0.25) is 0 Å². The summed E-state index contributed by atoms with van der Waals surface area (Å²) >= 11 is 0. The molecule has 0 radical (unpaired) electrons. The van der Waals surface area contributed by atoms with Crippen molar-refractivity contribution in [1.29, 1.82) is 0 Å². The predicted octanol–water partition coefficient (Wildman–Crippen LogP) is 2.65. The zero-order chi connectivity index (χ0) is 11.5. The minimum Gasteiger partial charge on any atom is -0.316 e. The molecule has 1 aromatic carbocycles. The lowest BCUT2D eigenvalue weighted by molar-refractivity contribution is 0.370. The number of hydrogen-bond donors (Lipinski definition) is 1. The van der Waals surface area contributed by atoms with Crippen molar-refractivity contribution in [3.05, 3.63) is 35.1 Å². The summed E-state index contributed by atoms with van der Waals surface area (Å²) in [5, 5.41) is 3.21. The normalized spacial score (nSPS) is 21.1. The van der Waals surface area contributed by atoms with Crippen molar-refractivity contribution in [3.63, 3.8) is 0 Å². The van der Waals surface area contributed by atoms with Crippen LogP contribution in [0.15, 0.2) is 12.1 Å². The zero-order valence-corrected chi connectivity index (χ0v) is 8.90. The largest absolute Gasteiger partial charge is 0.316 e. The van der Waals surface area contributed by atoms with Gasteiger partial charge in [0.1, 0.15) is 5.82 Å². The van der Waals surface area contributed by atoms with Crippen molar-refractivity contribution >= 4 is 0 Å². The molecule has 1 aromatic rings. The highest BCUT2D eigenvalue weighted by molar-refractivity contribution is 5.20. The average Bonchev–Trinajstić information content (AvgIpc) is 2.27. The van der Waals surface area contributed by atoms with E-state index in [1.807, 2.05) is 0 Å². The Morgan fingerprint density at radius 1 is 1.12 bits per heavy atom. The summed E-state index contributed by atoms with van der Waals surface area (Å²) in [4.78, 5) is 0. The highest BCUT2D eigenvalue weighted by atomic mass is 19.2. The second-order valence-electron chi connectivity index (χ2n) is 4.27. The maximum Gasteiger partial charge on any atom is 0.161 e. The van der Waals surface area contributed by atoms with Gasteiger partial charge in [0, 0.05) is 6.07 Å². The summed E-state index contributed by atoms with van der Waals surface area (Å²) < 4.78 is 39.0. The number of rotatable bonds is 2. The van der Waals surface area contributed by atoms with E-state index in [0.29, 0.717) is 18.4 Å². The van der Waals surface area contributed by atoms with Crippen LogP contribution in [0.4, 0.5) is 13.2 Å². The standard InChI is InChI=1S/C12H14F3N/c13-10-6-12(15)11(14)5-9(10)4-8-2-1-3-16-7-8/h5-6,8,16H,1-4,7H2. The van der Waals surface area contributed by atoms with Gasteiger partial charge in [-0.25, -0.2) is 13.2 Å². The number of benzene rings is 1. The Hall–Kier alpha value is -1.03. The number of nitrogens with one attached hydrogen (secondary N) is 1. The number of hydrogen-bond acceptors (Lipinski definition) is 1. The van der Waals surface area contributed by atoms with Crippen molar-refractivity contribution in [2.75, 3.05) is 13.1 Å². The third-order valence-electron chi connectivity index (χ3n) is 3.00. The SMILES string of the molecule is Fc1cc(F)c(CC2CCCNC2)cc1F. The lowest BCUT2D eigenvalue weighted by Crippen LogP contribution is -2.31. The Kier molecular flexibility index (Phi) is 3.49. The van der Waals surface area contributed by atoms with Crippen molar-refractivity contribution in [2.24, 2.45) is 5.92 Å². The molecule has 0 bridgehead atoms. The summed E-state index contributed by atoms with van der Waals surface area (Å²) in [7, 11) is 0. The second kappa shape index (κ2) is 4.87. The summed E-state index contributed by atoms with van der Waals surface area (Å²) in [6.45, 7) is 1.80. The van der Waals surface area contributed by atoms with Crippen molar-refractivity contribution in [2.45, 2.75) is 19.3 Å². The van der Waals surface area contributed by atoms with Crippen LogP contribution >= 0.6 is 0 Å². The molecule has 1 N–H and O–H groups in total. The Morgan fingerprint density at radius 3 is 2.56 bits per heavy atom. The molecule has 1 saturated heterocycles. The molecule has 1 atom stereocenters. The van der Waals surface area contributed by atoms with Crippen LogP contribution in [0.5, 0.6) is 0 Å². The maximum absolute atomic E-state index is 13.4. The van der Waals surface area contributed by atoms with Gasteiger partial charge in [-0.1, -0.05) is 0 Å². The van der Waals surface area contributed by atoms with E-state index in [1.165, 1.54) is 0 Å². The van der Waals surface area contributed by atoms with Crippen LogP contribution in [-0.2, 0) is 6.42 Å². The topological polar surface area (TPSA) is 12.0 Å². The first-order valence-electron chi connectivity index (χ1n) is 5.51. The van der Waals surface area contributed by atoms with Crippen LogP contribution < -0.4 is 5.32 Å². The monoisotopic (exact) mass is 229 g/mol. The molecule has 88 valence electrons. The first-order chi connectivity index (χ1) is 7.66. The van der Waals surface area contributed by atoms with E-state index in [2.05, 4.69) is 5.32 Å². The fourth-order valence-electron chi connectivity index (χ4n) is 2.13. The Bertz CT molecular complexity index is 373. The molecule has 0 amide bonds. The second-order valence-corrected chi connectivity index (χ2v) is 4.27. The Balaban J connectivity index is 2.11. The summed E-state index contributed by atoms with van der Waals surface area (Å²) in [6, 6.07) is 1.60. The smallest absolute Gasteiger partial charge is 0.161 e. The average molecular weight is 229 g/mol. The molecular formula is C12H14F3N. The number of piperidine rings is 1. The van der Waals surface area contributed by atoms with Gasteiger partial charge in [-0.3, -0.25) is 0 Å². The minimum absolute atomic E-state index is 0.271. The highest BCUT2D eigenvalue weighted by Crippen LogP contribution is 2.20. The molecule has 1 heterocycles. The summed E-state index contributed by atoms with van der Waals surface area (Å²) in [6.07, 6.45) is 2.53. The molecule has 0 aromatic heterocycles. The first-order valence-corrected chi connectivity index (χ1v) is 5.51. The van der Waals surface area contributed by atoms with E-state index in [-0.39, 0.29) is 5.56 Å². The van der Waals surface area contributed by atoms with Gasteiger partial charge in [0.05, 0.1) is 0 Å². The molecule has 16 heavy (non-hydrogen) atoms.